The van der Waals surface area contributed by atoms with E-state index in [1.165, 1.54) is 57.9 Å². The Bertz CT molecular complexity index is 2110. The molecule has 8 rings (SSSR count). The molecule has 2 atom stereocenters. The van der Waals surface area contributed by atoms with E-state index in [0.717, 1.165) is 0 Å². The molecule has 256 valence electrons. The number of benzene rings is 4. The lowest BCUT2D eigenvalue weighted by atomic mass is 9.98. The second-order valence-electron chi connectivity index (χ2n) is 11.6. The Hall–Kier alpha value is -5.74. The minimum absolute atomic E-state index is 0.0336. The van der Waals surface area contributed by atoms with E-state index < -0.39 is 46.6 Å². The van der Waals surface area contributed by atoms with Crippen molar-refractivity contribution < 1.29 is 45.7 Å². The van der Waals surface area contributed by atoms with Crippen molar-refractivity contribution in [1.82, 2.24) is 9.13 Å². The van der Waals surface area contributed by atoms with Gasteiger partial charge in [0.15, 0.2) is 0 Å². The van der Waals surface area contributed by atoms with Gasteiger partial charge in [-0.2, -0.15) is 26.3 Å². The molecule has 0 spiro atoms. The van der Waals surface area contributed by atoms with Gasteiger partial charge in [-0.05, 0) is 36.4 Å². The topological polar surface area (TPSA) is 121 Å². The van der Waals surface area contributed by atoms with Crippen molar-refractivity contribution in [2.24, 2.45) is 0 Å². The van der Waals surface area contributed by atoms with Crippen molar-refractivity contribution in [2.45, 2.75) is 23.6 Å². The molecule has 2 aromatic heterocycles. The van der Waals surface area contributed by atoms with E-state index in [1.54, 1.807) is 60.7 Å². The third-order valence-electron chi connectivity index (χ3n) is 8.72. The Morgan fingerprint density at radius 2 is 0.920 bits per heavy atom. The van der Waals surface area contributed by atoms with Gasteiger partial charge >= 0.3 is 12.4 Å². The van der Waals surface area contributed by atoms with Crippen molar-refractivity contribution in [3.63, 3.8) is 0 Å². The molecule has 0 amide bonds. The zero-order valence-electron chi connectivity index (χ0n) is 25.3. The van der Waals surface area contributed by atoms with Crippen molar-refractivity contribution in [2.75, 3.05) is 13.2 Å². The molecule has 0 saturated carbocycles. The van der Waals surface area contributed by atoms with Crippen LogP contribution in [0.4, 0.5) is 37.7 Å². The standard InChI is InChI=1S/2C17H11F3N2O3/c2*18-17(19,20)16(10-25-16)14-9-21(11-4-2-1-3-5-11)15-8-12(22(23)24)6-7-13(14)15/h2*1-9H,10H2. The SMILES string of the molecule is O=[N+]([O-])c1ccc2c(C3(C(F)(F)F)CO3)cn(-c3ccccc3)c2c1.O=[N+]([O-])c1ccc2c(C3(C(F)(F)F)CO3)cn(-c3ccccc3)c2c1. The molecule has 2 aliphatic heterocycles. The van der Waals surface area contributed by atoms with E-state index in [-0.39, 0.29) is 33.3 Å². The van der Waals surface area contributed by atoms with Crippen LogP contribution in [0, 0.1) is 20.2 Å². The van der Waals surface area contributed by atoms with Gasteiger partial charge in [-0.1, -0.05) is 36.4 Å². The number of ether oxygens (including phenoxy) is 2. The molecular formula is C34H22F6N4O6. The number of nitro groups is 2. The van der Waals surface area contributed by atoms with Gasteiger partial charge in [-0.3, -0.25) is 20.2 Å². The molecule has 2 unspecified atom stereocenters. The lowest BCUT2D eigenvalue weighted by Gasteiger charge is -2.15. The monoisotopic (exact) mass is 696 g/mol. The predicted molar refractivity (Wildman–Crippen MR) is 167 cm³/mol. The number of nitrogens with zero attached hydrogens (tertiary/aromatic N) is 4. The summed E-state index contributed by atoms with van der Waals surface area (Å²) in [5, 5.41) is 22.7. The van der Waals surface area contributed by atoms with Gasteiger partial charge in [0.1, 0.15) is 0 Å². The molecule has 4 heterocycles. The van der Waals surface area contributed by atoms with E-state index in [0.29, 0.717) is 22.4 Å². The second-order valence-corrected chi connectivity index (χ2v) is 11.6. The van der Waals surface area contributed by atoms with Gasteiger partial charge in [-0.15, -0.1) is 0 Å². The summed E-state index contributed by atoms with van der Waals surface area (Å²) >= 11 is 0. The number of hydrogen-bond acceptors (Lipinski definition) is 6. The van der Waals surface area contributed by atoms with Gasteiger partial charge in [0.25, 0.3) is 11.4 Å². The molecule has 10 nitrogen and oxygen atoms in total. The number of para-hydroxylation sites is 2. The number of non-ortho nitro benzene ring substituents is 2. The summed E-state index contributed by atoms with van der Waals surface area (Å²) in [5.41, 5.74) is -3.26. The summed E-state index contributed by atoms with van der Waals surface area (Å²) in [6.07, 6.45) is -6.43. The quantitative estimate of drug-likeness (QED) is 0.0744. The van der Waals surface area contributed by atoms with Gasteiger partial charge in [0.2, 0.25) is 11.2 Å². The molecule has 0 bridgehead atoms. The lowest BCUT2D eigenvalue weighted by molar-refractivity contribution is -0.384. The van der Waals surface area contributed by atoms with Crippen molar-refractivity contribution in [1.29, 1.82) is 0 Å². The molecule has 0 N–H and O–H groups in total. The largest absolute Gasteiger partial charge is 0.424 e. The zero-order valence-corrected chi connectivity index (χ0v) is 25.3. The van der Waals surface area contributed by atoms with Crippen molar-refractivity contribution in [3.05, 3.63) is 141 Å². The molecule has 2 aliphatic rings. The van der Waals surface area contributed by atoms with Crippen LogP contribution in [0.1, 0.15) is 11.1 Å². The molecule has 2 saturated heterocycles. The molecule has 6 aromatic rings. The van der Waals surface area contributed by atoms with Crippen molar-refractivity contribution in [3.8, 4) is 11.4 Å². The summed E-state index contributed by atoms with van der Waals surface area (Å²) in [4.78, 5) is 21.0. The van der Waals surface area contributed by atoms with E-state index >= 15 is 0 Å². The normalized spacial score (nSPS) is 20.0. The zero-order chi connectivity index (χ0) is 35.6. The lowest BCUT2D eigenvalue weighted by Crippen LogP contribution is -2.30. The van der Waals surface area contributed by atoms with Gasteiger partial charge in [-0.25, -0.2) is 0 Å². The minimum atomic E-state index is -4.56. The summed E-state index contributed by atoms with van der Waals surface area (Å²) in [7, 11) is 0. The first-order chi connectivity index (χ1) is 23.7. The molecule has 0 radical (unpaired) electrons. The third-order valence-corrected chi connectivity index (χ3v) is 8.72. The molecule has 2 fully saturated rings. The highest BCUT2D eigenvalue weighted by Crippen LogP contribution is 2.55. The van der Waals surface area contributed by atoms with Crippen LogP contribution in [0.15, 0.2) is 109 Å². The third kappa shape index (κ3) is 5.32. The number of rotatable bonds is 6. The maximum Gasteiger partial charge on any atom is 0.424 e. The Kier molecular flexibility index (Phi) is 7.49. The molecule has 50 heavy (non-hydrogen) atoms. The molecule has 4 aromatic carbocycles. The number of nitro benzene ring substituents is 2. The summed E-state index contributed by atoms with van der Waals surface area (Å²) < 4.78 is 93.6. The fourth-order valence-electron chi connectivity index (χ4n) is 5.99. The molecular weight excluding hydrogens is 674 g/mol. The van der Waals surface area contributed by atoms with Crippen molar-refractivity contribution >= 4 is 33.2 Å². The van der Waals surface area contributed by atoms with Crippen LogP contribution in [0.25, 0.3) is 33.2 Å². The average Bonchev–Trinajstić information content (AvgIpc) is 4.01. The molecule has 16 heteroatoms. The maximum atomic E-state index is 13.5. The smallest absolute Gasteiger partial charge is 0.355 e. The number of hydrogen-bond donors (Lipinski definition) is 0. The summed E-state index contributed by atoms with van der Waals surface area (Å²) in [6, 6.07) is 25.0. The Balaban J connectivity index is 0.000000157. The number of aromatic nitrogens is 2. The summed E-state index contributed by atoms with van der Waals surface area (Å²) in [5.74, 6) is 0. The van der Waals surface area contributed by atoms with E-state index in [9.17, 15) is 46.6 Å². The first-order valence-corrected chi connectivity index (χ1v) is 14.8. The van der Waals surface area contributed by atoms with E-state index in [2.05, 4.69) is 0 Å². The minimum Gasteiger partial charge on any atom is -0.355 e. The number of alkyl halides is 6. The number of epoxide rings is 2. The number of fused-ring (bicyclic) bond motifs is 2. The van der Waals surface area contributed by atoms with Crippen LogP contribution in [-0.2, 0) is 20.7 Å². The maximum absolute atomic E-state index is 13.5. The fourth-order valence-corrected chi connectivity index (χ4v) is 5.99. The fraction of sp³-hybridized carbons (Fsp3) is 0.176. The van der Waals surface area contributed by atoms with Gasteiger partial charge in [0.05, 0.1) is 34.1 Å². The Morgan fingerprint density at radius 1 is 0.580 bits per heavy atom. The first-order valence-electron chi connectivity index (χ1n) is 14.8. The number of halogens is 6. The highest BCUT2D eigenvalue weighted by atomic mass is 19.4. The Morgan fingerprint density at radius 3 is 1.20 bits per heavy atom. The van der Waals surface area contributed by atoms with Crippen LogP contribution < -0.4 is 0 Å². The van der Waals surface area contributed by atoms with Crippen LogP contribution in [0.2, 0.25) is 0 Å². The van der Waals surface area contributed by atoms with E-state index in [4.69, 9.17) is 9.47 Å². The Labute approximate surface area is 277 Å². The highest BCUT2D eigenvalue weighted by Gasteiger charge is 2.69. The predicted octanol–water partition coefficient (Wildman–Crippen LogP) is 8.65. The molecule has 0 aliphatic carbocycles. The van der Waals surface area contributed by atoms with Crippen LogP contribution in [0.3, 0.4) is 0 Å². The van der Waals surface area contributed by atoms with E-state index in [1.807, 2.05) is 0 Å². The second kappa shape index (κ2) is 11.4. The summed E-state index contributed by atoms with van der Waals surface area (Å²) in [6.45, 7) is -0.914. The van der Waals surface area contributed by atoms with Crippen LogP contribution >= 0.6 is 0 Å². The van der Waals surface area contributed by atoms with Crippen LogP contribution in [-0.4, -0.2) is 44.5 Å². The van der Waals surface area contributed by atoms with Crippen LogP contribution in [0.5, 0.6) is 0 Å². The van der Waals surface area contributed by atoms with Gasteiger partial charge < -0.3 is 18.6 Å². The average molecular weight is 697 g/mol. The first kappa shape index (κ1) is 32.8. The van der Waals surface area contributed by atoms with Gasteiger partial charge in [0, 0.05) is 69.9 Å². The highest BCUT2D eigenvalue weighted by molar-refractivity contribution is 5.90.